The summed E-state index contributed by atoms with van der Waals surface area (Å²) in [7, 11) is 0. The van der Waals surface area contributed by atoms with E-state index >= 15 is 0 Å². The molecule has 0 saturated heterocycles. The minimum absolute atomic E-state index is 0.0501. The van der Waals surface area contributed by atoms with Gasteiger partial charge in [-0.2, -0.15) is 0 Å². The Morgan fingerprint density at radius 1 is 1.21 bits per heavy atom. The van der Waals surface area contributed by atoms with E-state index in [2.05, 4.69) is 15.8 Å². The van der Waals surface area contributed by atoms with Gasteiger partial charge in [0.2, 0.25) is 5.91 Å². The van der Waals surface area contributed by atoms with Gasteiger partial charge >= 0.3 is 0 Å². The molecular formula is C21H22ClN3O3. The standard InChI is InChI=1S/C21H22ClN3O3/c1-12-18(19(25-28-12)13-6-8-15(22)9-7-13)20(26)14-10-17(23-11-14)21(27)24-16-4-2-3-5-16/h6-9,11,16-17,23H,2-5,10H2,1H3,(H,24,27). The molecule has 28 heavy (non-hydrogen) atoms. The van der Waals surface area contributed by atoms with Gasteiger partial charge in [0.05, 0.1) is 5.56 Å². The minimum Gasteiger partial charge on any atom is -0.379 e. The fraction of sp³-hybridized carbons (Fsp3) is 0.381. The molecule has 4 rings (SSSR count). The summed E-state index contributed by atoms with van der Waals surface area (Å²) < 4.78 is 5.29. The SMILES string of the molecule is Cc1onc(-c2ccc(Cl)cc2)c1C(=O)C1=CNC(C(=O)NC2CCCC2)C1. The van der Waals surface area contributed by atoms with Gasteiger partial charge in [-0.1, -0.05) is 41.7 Å². The average Bonchev–Trinajstić information content (AvgIpc) is 3.42. The van der Waals surface area contributed by atoms with Crippen molar-refractivity contribution in [3.05, 3.63) is 52.4 Å². The number of nitrogens with one attached hydrogen (secondary N) is 2. The first kappa shape index (κ1) is 18.7. The van der Waals surface area contributed by atoms with Crippen LogP contribution in [0.4, 0.5) is 0 Å². The van der Waals surface area contributed by atoms with E-state index in [0.29, 0.717) is 34.0 Å². The van der Waals surface area contributed by atoms with Crippen molar-refractivity contribution in [1.29, 1.82) is 0 Å². The normalized spacial score (nSPS) is 19.4. The van der Waals surface area contributed by atoms with Crippen molar-refractivity contribution in [3.63, 3.8) is 0 Å². The van der Waals surface area contributed by atoms with Gasteiger partial charge in [-0.05, 0) is 31.9 Å². The molecular weight excluding hydrogens is 378 g/mol. The van der Waals surface area contributed by atoms with Gasteiger partial charge in [0, 0.05) is 34.8 Å². The zero-order chi connectivity index (χ0) is 19.7. The van der Waals surface area contributed by atoms with Crippen molar-refractivity contribution in [2.75, 3.05) is 0 Å². The van der Waals surface area contributed by atoms with Crippen LogP contribution in [0.15, 0.2) is 40.6 Å². The lowest BCUT2D eigenvalue weighted by molar-refractivity contribution is -0.123. The third-order valence-electron chi connectivity index (χ3n) is 5.40. The Balaban J connectivity index is 1.49. The number of carbonyl (C=O) groups excluding carboxylic acids is 2. The van der Waals surface area contributed by atoms with Crippen molar-refractivity contribution in [3.8, 4) is 11.3 Å². The van der Waals surface area contributed by atoms with Gasteiger partial charge in [-0.3, -0.25) is 9.59 Å². The predicted octanol–water partition coefficient (Wildman–Crippen LogP) is 3.79. The summed E-state index contributed by atoms with van der Waals surface area (Å²) in [4.78, 5) is 25.6. The van der Waals surface area contributed by atoms with Crippen LogP contribution < -0.4 is 10.6 Å². The summed E-state index contributed by atoms with van der Waals surface area (Å²) in [6, 6.07) is 6.93. The first-order valence-electron chi connectivity index (χ1n) is 9.55. The number of hydrogen-bond acceptors (Lipinski definition) is 5. The number of aromatic nitrogens is 1. The predicted molar refractivity (Wildman–Crippen MR) is 106 cm³/mol. The van der Waals surface area contributed by atoms with Gasteiger partial charge in [0.15, 0.2) is 5.78 Å². The number of Topliss-reactive ketones (excluding diaryl/α,β-unsaturated/α-hetero) is 1. The maximum absolute atomic E-state index is 13.1. The Hall–Kier alpha value is -2.60. The summed E-state index contributed by atoms with van der Waals surface area (Å²) in [6.07, 6.45) is 6.36. The van der Waals surface area contributed by atoms with Gasteiger partial charge < -0.3 is 15.2 Å². The van der Waals surface area contributed by atoms with E-state index < -0.39 is 6.04 Å². The first-order chi connectivity index (χ1) is 13.5. The van der Waals surface area contributed by atoms with Gasteiger partial charge in [-0.15, -0.1) is 0 Å². The maximum Gasteiger partial charge on any atom is 0.243 e. The highest BCUT2D eigenvalue weighted by molar-refractivity contribution is 6.30. The number of ketones is 1. The van der Waals surface area contributed by atoms with E-state index in [4.69, 9.17) is 16.1 Å². The van der Waals surface area contributed by atoms with Gasteiger partial charge in [-0.25, -0.2) is 0 Å². The topological polar surface area (TPSA) is 84.2 Å². The van der Waals surface area contributed by atoms with Crippen molar-refractivity contribution in [2.24, 2.45) is 0 Å². The summed E-state index contributed by atoms with van der Waals surface area (Å²) >= 11 is 5.95. The highest BCUT2D eigenvalue weighted by Gasteiger charge is 2.32. The van der Waals surface area contributed by atoms with Crippen molar-refractivity contribution < 1.29 is 14.1 Å². The molecule has 0 spiro atoms. The Labute approximate surface area is 168 Å². The third-order valence-corrected chi connectivity index (χ3v) is 5.65. The molecule has 1 saturated carbocycles. The molecule has 7 heteroatoms. The zero-order valence-corrected chi connectivity index (χ0v) is 16.4. The van der Waals surface area contributed by atoms with E-state index in [1.807, 2.05) is 0 Å². The summed E-state index contributed by atoms with van der Waals surface area (Å²) in [5.74, 6) is 0.230. The molecule has 1 aliphatic heterocycles. The monoisotopic (exact) mass is 399 g/mol. The second-order valence-electron chi connectivity index (χ2n) is 7.38. The van der Waals surface area contributed by atoms with Gasteiger partial charge in [0.1, 0.15) is 17.5 Å². The van der Waals surface area contributed by atoms with E-state index in [0.717, 1.165) is 31.2 Å². The maximum atomic E-state index is 13.1. The Morgan fingerprint density at radius 2 is 1.93 bits per heavy atom. The van der Waals surface area contributed by atoms with Gasteiger partial charge in [0.25, 0.3) is 0 Å². The van der Waals surface area contributed by atoms with E-state index in [9.17, 15) is 9.59 Å². The Morgan fingerprint density at radius 3 is 2.64 bits per heavy atom. The number of nitrogens with zero attached hydrogens (tertiary/aromatic N) is 1. The molecule has 0 radical (unpaired) electrons. The fourth-order valence-corrected chi connectivity index (χ4v) is 3.97. The number of aryl methyl sites for hydroxylation is 1. The van der Waals surface area contributed by atoms with E-state index in [-0.39, 0.29) is 17.7 Å². The molecule has 1 aromatic heterocycles. The molecule has 1 amide bonds. The van der Waals surface area contributed by atoms with Crippen molar-refractivity contribution in [2.45, 2.75) is 51.1 Å². The molecule has 1 aliphatic carbocycles. The van der Waals surface area contributed by atoms with Crippen LogP contribution in [0.2, 0.25) is 5.02 Å². The Bertz CT molecular complexity index is 927. The smallest absolute Gasteiger partial charge is 0.243 e. The molecule has 2 heterocycles. The number of halogens is 1. The molecule has 6 nitrogen and oxygen atoms in total. The van der Waals surface area contributed by atoms with E-state index in [1.54, 1.807) is 37.4 Å². The van der Waals surface area contributed by atoms with Crippen LogP contribution in [0.3, 0.4) is 0 Å². The number of hydrogen-bond donors (Lipinski definition) is 2. The van der Waals surface area contributed by atoms with Crippen LogP contribution in [0.25, 0.3) is 11.3 Å². The van der Waals surface area contributed by atoms with Crippen LogP contribution in [0.1, 0.15) is 48.2 Å². The molecule has 0 bridgehead atoms. The lowest BCUT2D eigenvalue weighted by Gasteiger charge is -2.16. The first-order valence-corrected chi connectivity index (χ1v) is 9.93. The van der Waals surface area contributed by atoms with Crippen LogP contribution in [-0.2, 0) is 4.79 Å². The second kappa shape index (κ2) is 7.80. The zero-order valence-electron chi connectivity index (χ0n) is 15.6. The van der Waals surface area contributed by atoms with Crippen LogP contribution in [0.5, 0.6) is 0 Å². The Kier molecular flexibility index (Phi) is 5.22. The number of benzene rings is 1. The third kappa shape index (κ3) is 3.69. The molecule has 1 atom stereocenters. The lowest BCUT2D eigenvalue weighted by Crippen LogP contribution is -2.44. The van der Waals surface area contributed by atoms with Crippen molar-refractivity contribution >= 4 is 23.3 Å². The number of carbonyl (C=O) groups is 2. The molecule has 2 N–H and O–H groups in total. The highest BCUT2D eigenvalue weighted by atomic mass is 35.5. The average molecular weight is 400 g/mol. The largest absolute Gasteiger partial charge is 0.379 e. The molecule has 146 valence electrons. The molecule has 2 aliphatic rings. The molecule has 1 unspecified atom stereocenters. The number of rotatable bonds is 5. The summed E-state index contributed by atoms with van der Waals surface area (Å²) in [5.41, 5.74) is 2.21. The van der Waals surface area contributed by atoms with Crippen LogP contribution >= 0.6 is 11.6 Å². The molecule has 1 fully saturated rings. The number of amides is 1. The van der Waals surface area contributed by atoms with Crippen LogP contribution in [0, 0.1) is 6.92 Å². The summed E-state index contributed by atoms with van der Waals surface area (Å²) in [6.45, 7) is 1.72. The lowest BCUT2D eigenvalue weighted by atomic mass is 9.96. The summed E-state index contributed by atoms with van der Waals surface area (Å²) in [5, 5.41) is 10.8. The second-order valence-corrected chi connectivity index (χ2v) is 7.82. The van der Waals surface area contributed by atoms with Crippen molar-refractivity contribution in [1.82, 2.24) is 15.8 Å². The quantitative estimate of drug-likeness (QED) is 0.747. The fourth-order valence-electron chi connectivity index (χ4n) is 3.84. The minimum atomic E-state index is -0.418. The van der Waals surface area contributed by atoms with Crippen LogP contribution in [-0.4, -0.2) is 28.9 Å². The van der Waals surface area contributed by atoms with E-state index in [1.165, 1.54) is 0 Å². The molecule has 1 aromatic carbocycles. The highest BCUT2D eigenvalue weighted by Crippen LogP contribution is 2.30. The molecule has 2 aromatic rings.